The van der Waals surface area contributed by atoms with Gasteiger partial charge in [-0.05, 0) is 57.5 Å². The van der Waals surface area contributed by atoms with E-state index in [1.165, 1.54) is 38.8 Å². The van der Waals surface area contributed by atoms with Crippen LogP contribution in [0.4, 0.5) is 0 Å². The number of hydrogen-bond donors (Lipinski definition) is 2. The van der Waals surface area contributed by atoms with Gasteiger partial charge in [0.1, 0.15) is 0 Å². The van der Waals surface area contributed by atoms with E-state index in [2.05, 4.69) is 34.4 Å². The monoisotopic (exact) mass is 266 g/mol. The van der Waals surface area contributed by atoms with Gasteiger partial charge in [-0.2, -0.15) is 0 Å². The molecular weight excluding hydrogens is 236 g/mol. The Kier molecular flexibility index (Phi) is 5.49. The number of aliphatic imine (C=N–C) groups is 1. The van der Waals surface area contributed by atoms with Gasteiger partial charge in [0.15, 0.2) is 5.96 Å². The van der Waals surface area contributed by atoms with Crippen LogP contribution in [0.3, 0.4) is 0 Å². The van der Waals surface area contributed by atoms with Crippen LogP contribution in [-0.4, -0.2) is 50.1 Å². The molecule has 4 nitrogen and oxygen atoms in total. The second-order valence-corrected chi connectivity index (χ2v) is 6.34. The number of guanidine groups is 1. The molecule has 1 aliphatic carbocycles. The molecular formula is C15H30N4. The zero-order chi connectivity index (χ0) is 13.7. The smallest absolute Gasteiger partial charge is 0.191 e. The van der Waals surface area contributed by atoms with Crippen LogP contribution in [0.1, 0.15) is 39.5 Å². The molecule has 2 N–H and O–H groups in total. The summed E-state index contributed by atoms with van der Waals surface area (Å²) in [7, 11) is 1.86. The Morgan fingerprint density at radius 2 is 1.89 bits per heavy atom. The third-order valence-corrected chi connectivity index (χ3v) is 4.49. The van der Waals surface area contributed by atoms with Gasteiger partial charge in [0.05, 0.1) is 0 Å². The molecule has 0 spiro atoms. The van der Waals surface area contributed by atoms with Crippen molar-refractivity contribution in [2.45, 2.75) is 45.6 Å². The first kappa shape index (κ1) is 14.6. The minimum absolute atomic E-state index is 0.590. The summed E-state index contributed by atoms with van der Waals surface area (Å²) in [5, 5.41) is 6.88. The molecule has 1 aliphatic heterocycles. The predicted octanol–water partition coefficient (Wildman–Crippen LogP) is 1.68. The van der Waals surface area contributed by atoms with Gasteiger partial charge in [0.2, 0.25) is 0 Å². The molecule has 19 heavy (non-hydrogen) atoms. The van der Waals surface area contributed by atoms with Gasteiger partial charge in [-0.1, -0.05) is 6.92 Å². The van der Waals surface area contributed by atoms with Crippen molar-refractivity contribution >= 4 is 5.96 Å². The molecule has 2 aliphatic rings. The maximum atomic E-state index is 4.29. The highest BCUT2D eigenvalue weighted by atomic mass is 15.2. The zero-order valence-corrected chi connectivity index (χ0v) is 12.8. The number of hydrogen-bond acceptors (Lipinski definition) is 2. The Hall–Kier alpha value is -0.770. The van der Waals surface area contributed by atoms with Crippen molar-refractivity contribution in [3.05, 3.63) is 0 Å². The summed E-state index contributed by atoms with van der Waals surface area (Å²) in [6.07, 6.45) is 5.46. The first-order valence-electron chi connectivity index (χ1n) is 7.87. The van der Waals surface area contributed by atoms with E-state index in [1.807, 2.05) is 7.05 Å². The van der Waals surface area contributed by atoms with Crippen molar-refractivity contribution in [2.75, 3.05) is 33.2 Å². The molecule has 1 heterocycles. The third kappa shape index (κ3) is 5.01. The molecule has 1 unspecified atom stereocenters. The average molecular weight is 266 g/mol. The van der Waals surface area contributed by atoms with Crippen LogP contribution in [0, 0.1) is 11.8 Å². The summed E-state index contributed by atoms with van der Waals surface area (Å²) in [6, 6.07) is 0.590. The van der Waals surface area contributed by atoms with E-state index in [0.29, 0.717) is 6.04 Å². The number of nitrogens with zero attached hydrogens (tertiary/aromatic N) is 2. The molecule has 0 aromatic rings. The largest absolute Gasteiger partial charge is 0.356 e. The molecule has 4 heteroatoms. The lowest BCUT2D eigenvalue weighted by atomic mass is 9.98. The van der Waals surface area contributed by atoms with Gasteiger partial charge in [-0.3, -0.25) is 9.89 Å². The highest BCUT2D eigenvalue weighted by Gasteiger charge is 2.22. The Balaban J connectivity index is 1.64. The van der Waals surface area contributed by atoms with E-state index in [9.17, 15) is 0 Å². The standard InChI is InChI=1S/C15H30N4/c1-12-6-8-19(9-7-12)13(2)10-17-15(16-3)18-11-14-4-5-14/h12-14H,4-11H2,1-3H3,(H2,16,17,18). The van der Waals surface area contributed by atoms with Gasteiger partial charge < -0.3 is 10.6 Å². The lowest BCUT2D eigenvalue weighted by Gasteiger charge is -2.35. The fourth-order valence-electron chi connectivity index (χ4n) is 2.63. The number of rotatable bonds is 5. The summed E-state index contributed by atoms with van der Waals surface area (Å²) in [5.74, 6) is 2.76. The van der Waals surface area contributed by atoms with E-state index in [0.717, 1.165) is 30.9 Å². The summed E-state index contributed by atoms with van der Waals surface area (Å²) in [6.45, 7) is 9.24. The Labute approximate surface area is 118 Å². The van der Waals surface area contributed by atoms with Crippen molar-refractivity contribution in [3.8, 4) is 0 Å². The van der Waals surface area contributed by atoms with Crippen LogP contribution >= 0.6 is 0 Å². The normalized spacial score (nSPS) is 24.3. The summed E-state index contributed by atoms with van der Waals surface area (Å²) < 4.78 is 0. The maximum absolute atomic E-state index is 4.29. The number of nitrogens with one attached hydrogen (secondary N) is 2. The first-order valence-corrected chi connectivity index (χ1v) is 7.87. The van der Waals surface area contributed by atoms with Gasteiger partial charge in [-0.15, -0.1) is 0 Å². The maximum Gasteiger partial charge on any atom is 0.191 e. The Morgan fingerprint density at radius 1 is 1.21 bits per heavy atom. The quantitative estimate of drug-likeness (QED) is 0.587. The van der Waals surface area contributed by atoms with Crippen LogP contribution in [-0.2, 0) is 0 Å². The van der Waals surface area contributed by atoms with E-state index in [1.54, 1.807) is 0 Å². The third-order valence-electron chi connectivity index (χ3n) is 4.49. The second kappa shape index (κ2) is 7.13. The van der Waals surface area contributed by atoms with Crippen molar-refractivity contribution < 1.29 is 0 Å². The minimum Gasteiger partial charge on any atom is -0.356 e. The van der Waals surface area contributed by atoms with E-state index in [4.69, 9.17) is 0 Å². The molecule has 2 rings (SSSR count). The summed E-state index contributed by atoms with van der Waals surface area (Å²) >= 11 is 0. The van der Waals surface area contributed by atoms with E-state index >= 15 is 0 Å². The molecule has 0 aromatic heterocycles. The Bertz CT molecular complexity index is 291. The van der Waals surface area contributed by atoms with Crippen LogP contribution in [0.2, 0.25) is 0 Å². The lowest BCUT2D eigenvalue weighted by Crippen LogP contribution is -2.48. The SMILES string of the molecule is CN=C(NCC1CC1)NCC(C)N1CCC(C)CC1. The fourth-order valence-corrected chi connectivity index (χ4v) is 2.63. The summed E-state index contributed by atoms with van der Waals surface area (Å²) in [4.78, 5) is 6.89. The molecule has 1 saturated carbocycles. The topological polar surface area (TPSA) is 39.7 Å². The van der Waals surface area contributed by atoms with Gasteiger partial charge in [-0.25, -0.2) is 0 Å². The minimum atomic E-state index is 0.590. The first-order chi connectivity index (χ1) is 9.19. The molecule has 0 bridgehead atoms. The summed E-state index contributed by atoms with van der Waals surface area (Å²) in [5.41, 5.74) is 0. The van der Waals surface area contributed by atoms with Gasteiger partial charge in [0.25, 0.3) is 0 Å². The molecule has 2 fully saturated rings. The molecule has 0 aromatic carbocycles. The number of likely N-dealkylation sites (tertiary alicyclic amines) is 1. The van der Waals surface area contributed by atoms with E-state index in [-0.39, 0.29) is 0 Å². The highest BCUT2D eigenvalue weighted by Crippen LogP contribution is 2.27. The zero-order valence-electron chi connectivity index (χ0n) is 12.8. The van der Waals surface area contributed by atoms with Crippen molar-refractivity contribution in [1.82, 2.24) is 15.5 Å². The molecule has 1 atom stereocenters. The molecule has 0 amide bonds. The van der Waals surface area contributed by atoms with Crippen molar-refractivity contribution in [2.24, 2.45) is 16.8 Å². The van der Waals surface area contributed by atoms with Crippen LogP contribution < -0.4 is 10.6 Å². The highest BCUT2D eigenvalue weighted by molar-refractivity contribution is 5.79. The fraction of sp³-hybridized carbons (Fsp3) is 0.933. The Morgan fingerprint density at radius 3 is 2.47 bits per heavy atom. The lowest BCUT2D eigenvalue weighted by molar-refractivity contribution is 0.147. The van der Waals surface area contributed by atoms with Crippen LogP contribution in [0.5, 0.6) is 0 Å². The molecule has 0 radical (unpaired) electrons. The van der Waals surface area contributed by atoms with Gasteiger partial charge in [0, 0.05) is 26.2 Å². The van der Waals surface area contributed by atoms with Gasteiger partial charge >= 0.3 is 0 Å². The number of piperidine rings is 1. The van der Waals surface area contributed by atoms with Crippen LogP contribution in [0.15, 0.2) is 4.99 Å². The van der Waals surface area contributed by atoms with Crippen LogP contribution in [0.25, 0.3) is 0 Å². The molecule has 110 valence electrons. The predicted molar refractivity (Wildman–Crippen MR) is 81.5 cm³/mol. The average Bonchev–Trinajstić information content (AvgIpc) is 3.23. The second-order valence-electron chi connectivity index (χ2n) is 6.34. The van der Waals surface area contributed by atoms with Crippen molar-refractivity contribution in [3.63, 3.8) is 0 Å². The van der Waals surface area contributed by atoms with Crippen molar-refractivity contribution in [1.29, 1.82) is 0 Å². The molecule has 1 saturated heterocycles. The van der Waals surface area contributed by atoms with E-state index < -0.39 is 0 Å².